The number of alkyl halides is 2. The Labute approximate surface area is 158 Å². The van der Waals surface area contributed by atoms with E-state index in [0.29, 0.717) is 6.42 Å². The highest BCUT2D eigenvalue weighted by atomic mass is 19.1. The quantitative estimate of drug-likeness (QED) is 0.750. The maximum atomic E-state index is 16.6. The van der Waals surface area contributed by atoms with Crippen molar-refractivity contribution in [1.82, 2.24) is 0 Å². The molecule has 2 fully saturated rings. The van der Waals surface area contributed by atoms with Crippen LogP contribution < -0.4 is 0 Å². The molecule has 0 unspecified atom stereocenters. The van der Waals surface area contributed by atoms with Gasteiger partial charge in [0.05, 0.1) is 0 Å². The summed E-state index contributed by atoms with van der Waals surface area (Å²) in [6.45, 7) is 5.04. The molecule has 0 spiro atoms. The Morgan fingerprint density at radius 2 is 1.93 bits per heavy atom. The van der Waals surface area contributed by atoms with Crippen LogP contribution in [0.3, 0.4) is 0 Å². The topological polar surface area (TPSA) is 54.4 Å². The van der Waals surface area contributed by atoms with E-state index in [9.17, 15) is 14.7 Å². The number of hydrogen-bond donors (Lipinski definition) is 1. The first-order chi connectivity index (χ1) is 12.6. The van der Waals surface area contributed by atoms with E-state index in [1.807, 2.05) is 13.8 Å². The Bertz CT molecular complexity index is 799. The molecule has 0 heterocycles. The summed E-state index contributed by atoms with van der Waals surface area (Å²) >= 11 is 0. The van der Waals surface area contributed by atoms with E-state index in [0.717, 1.165) is 0 Å². The fourth-order valence-corrected chi connectivity index (χ4v) is 6.64. The zero-order valence-electron chi connectivity index (χ0n) is 15.9. The first kappa shape index (κ1) is 18.7. The van der Waals surface area contributed by atoms with Crippen LogP contribution in [0.25, 0.3) is 0 Å². The summed E-state index contributed by atoms with van der Waals surface area (Å²) in [5.41, 5.74) is -3.38. The Balaban J connectivity index is 1.85. The summed E-state index contributed by atoms with van der Waals surface area (Å²) in [5, 5.41) is 9.41. The second-order valence-electron chi connectivity index (χ2n) is 9.24. The van der Waals surface area contributed by atoms with E-state index >= 15 is 8.78 Å². The molecule has 8 atom stereocenters. The number of carbonyl (C=O) groups is 2. The number of allylic oxidation sites excluding steroid dienone is 6. The van der Waals surface area contributed by atoms with Crippen LogP contribution >= 0.6 is 0 Å². The molecule has 4 aliphatic rings. The molecular formula is C22H26F2O3. The summed E-state index contributed by atoms with van der Waals surface area (Å²) in [7, 11) is 0. The van der Waals surface area contributed by atoms with Crippen molar-refractivity contribution in [3.63, 3.8) is 0 Å². The molecule has 0 radical (unpaired) electrons. The molecule has 0 aliphatic heterocycles. The van der Waals surface area contributed by atoms with Crippen LogP contribution in [0.1, 0.15) is 33.6 Å². The lowest BCUT2D eigenvalue weighted by Crippen LogP contribution is -2.60. The van der Waals surface area contributed by atoms with Gasteiger partial charge in [-0.3, -0.25) is 9.59 Å². The lowest BCUT2D eigenvalue weighted by atomic mass is 9.48. The molecule has 0 aromatic rings. The minimum atomic E-state index is -1.81. The van der Waals surface area contributed by atoms with Crippen LogP contribution in [0.2, 0.25) is 0 Å². The van der Waals surface area contributed by atoms with Crippen LogP contribution in [0.5, 0.6) is 0 Å². The number of carbonyl (C=O) groups excluding carboxylic acids is 2. The molecule has 2 saturated carbocycles. The molecule has 3 nitrogen and oxygen atoms in total. The summed E-state index contributed by atoms with van der Waals surface area (Å²) in [6.07, 6.45) is 6.66. The zero-order valence-corrected chi connectivity index (χ0v) is 15.9. The molecule has 0 saturated heterocycles. The van der Waals surface area contributed by atoms with Crippen LogP contribution in [0, 0.1) is 34.5 Å². The first-order valence-corrected chi connectivity index (χ1v) is 9.70. The standard InChI is InChI=1S/C22H26F2O3/c1-12-8-14-15-10-17(23)16-9-13(26)4-5-21(16,3)22(15,24)7-6-20(14,2)19(12)18(27)11-25/h4-7,9,12,14-15,17,19,25H,8,10-11H2,1-3H3/t12-,14+,15+,17+,19-,20+,21+,22-/m1/s1. The smallest absolute Gasteiger partial charge is 0.178 e. The Hall–Kier alpha value is -1.62. The Kier molecular flexibility index (Phi) is 3.95. The van der Waals surface area contributed by atoms with Gasteiger partial charge in [-0.05, 0) is 60.8 Å². The number of Topliss-reactive ketones (excluding diaryl/α,β-unsaturated/α-hetero) is 1. The fraction of sp³-hybridized carbons (Fsp3) is 0.636. The summed E-state index contributed by atoms with van der Waals surface area (Å²) < 4.78 is 31.7. The van der Waals surface area contributed by atoms with Crippen molar-refractivity contribution < 1.29 is 23.5 Å². The zero-order chi connectivity index (χ0) is 19.8. The van der Waals surface area contributed by atoms with E-state index < -0.39 is 35.2 Å². The number of aliphatic hydroxyl groups excluding tert-OH is 1. The predicted octanol–water partition coefficient (Wildman–Crippen LogP) is 3.53. The molecule has 1 N–H and O–H groups in total. The molecule has 27 heavy (non-hydrogen) atoms. The number of aliphatic hydroxyl groups is 1. The van der Waals surface area contributed by atoms with E-state index in [2.05, 4.69) is 0 Å². The first-order valence-electron chi connectivity index (χ1n) is 9.70. The lowest BCUT2D eigenvalue weighted by molar-refractivity contribution is -0.131. The number of hydrogen-bond acceptors (Lipinski definition) is 3. The Morgan fingerprint density at radius 1 is 1.22 bits per heavy atom. The van der Waals surface area contributed by atoms with Gasteiger partial charge >= 0.3 is 0 Å². The van der Waals surface area contributed by atoms with Gasteiger partial charge in [0.15, 0.2) is 11.6 Å². The molecule has 0 amide bonds. The predicted molar refractivity (Wildman–Crippen MR) is 97.3 cm³/mol. The molecule has 4 aliphatic carbocycles. The molecule has 0 bridgehead atoms. The molecule has 0 aromatic heterocycles. The molecular weight excluding hydrogens is 350 g/mol. The maximum absolute atomic E-state index is 16.6. The van der Waals surface area contributed by atoms with Gasteiger partial charge in [0.1, 0.15) is 18.4 Å². The van der Waals surface area contributed by atoms with Gasteiger partial charge in [-0.25, -0.2) is 8.78 Å². The van der Waals surface area contributed by atoms with E-state index in [-0.39, 0.29) is 41.3 Å². The third-order valence-corrected chi connectivity index (χ3v) is 7.95. The highest BCUT2D eigenvalue weighted by Gasteiger charge is 2.67. The van der Waals surface area contributed by atoms with Crippen molar-refractivity contribution in [3.05, 3.63) is 36.0 Å². The summed E-state index contributed by atoms with van der Waals surface area (Å²) in [6, 6.07) is 0. The maximum Gasteiger partial charge on any atom is 0.178 e. The lowest BCUT2D eigenvalue weighted by Gasteiger charge is -2.57. The second-order valence-corrected chi connectivity index (χ2v) is 9.24. The highest BCUT2D eigenvalue weighted by molar-refractivity contribution is 6.01. The van der Waals surface area contributed by atoms with Crippen LogP contribution in [0.4, 0.5) is 8.78 Å². The van der Waals surface area contributed by atoms with Gasteiger partial charge in [0.2, 0.25) is 0 Å². The molecule has 0 aromatic carbocycles. The number of halogens is 2. The average molecular weight is 376 g/mol. The molecule has 4 rings (SSSR count). The minimum absolute atomic E-state index is 0.00191. The van der Waals surface area contributed by atoms with Crippen LogP contribution in [-0.4, -0.2) is 35.1 Å². The van der Waals surface area contributed by atoms with E-state index in [1.54, 1.807) is 13.0 Å². The van der Waals surface area contributed by atoms with Crippen molar-refractivity contribution in [2.75, 3.05) is 6.61 Å². The number of ketones is 2. The van der Waals surface area contributed by atoms with E-state index in [1.165, 1.54) is 24.3 Å². The third kappa shape index (κ3) is 2.21. The van der Waals surface area contributed by atoms with Gasteiger partial charge in [-0.2, -0.15) is 0 Å². The van der Waals surface area contributed by atoms with Gasteiger partial charge in [0.25, 0.3) is 0 Å². The molecule has 146 valence electrons. The Morgan fingerprint density at radius 3 is 2.59 bits per heavy atom. The largest absolute Gasteiger partial charge is 0.389 e. The van der Waals surface area contributed by atoms with Crippen molar-refractivity contribution in [2.45, 2.75) is 45.5 Å². The second kappa shape index (κ2) is 5.69. The summed E-state index contributed by atoms with van der Waals surface area (Å²) in [4.78, 5) is 24.2. The van der Waals surface area contributed by atoms with Crippen LogP contribution in [0.15, 0.2) is 36.0 Å². The number of fused-ring (bicyclic) bond motifs is 5. The summed E-state index contributed by atoms with van der Waals surface area (Å²) in [5.74, 6) is -1.70. The highest BCUT2D eigenvalue weighted by Crippen LogP contribution is 2.67. The average Bonchev–Trinajstić information content (AvgIpc) is 2.89. The fourth-order valence-electron chi connectivity index (χ4n) is 6.64. The third-order valence-electron chi connectivity index (χ3n) is 7.95. The number of rotatable bonds is 2. The van der Waals surface area contributed by atoms with Crippen molar-refractivity contribution in [1.29, 1.82) is 0 Å². The molecule has 5 heteroatoms. The van der Waals surface area contributed by atoms with Gasteiger partial charge < -0.3 is 5.11 Å². The van der Waals surface area contributed by atoms with Crippen molar-refractivity contribution >= 4 is 11.6 Å². The van der Waals surface area contributed by atoms with Crippen molar-refractivity contribution in [2.24, 2.45) is 34.5 Å². The van der Waals surface area contributed by atoms with E-state index in [4.69, 9.17) is 0 Å². The van der Waals surface area contributed by atoms with Gasteiger partial charge in [-0.15, -0.1) is 0 Å². The van der Waals surface area contributed by atoms with Gasteiger partial charge in [0, 0.05) is 17.3 Å². The minimum Gasteiger partial charge on any atom is -0.389 e. The monoisotopic (exact) mass is 376 g/mol. The normalized spacial score (nSPS) is 50.7. The van der Waals surface area contributed by atoms with Crippen LogP contribution in [-0.2, 0) is 9.59 Å². The SMILES string of the molecule is C[C@@H]1C[C@H]2[C@@H]3C[C@H](F)C4=CC(=O)C=C[C@]4(C)[C@@]3(F)C=C[C@]2(C)[C@H]1C(=O)CO. The van der Waals surface area contributed by atoms with Gasteiger partial charge in [-0.1, -0.05) is 26.0 Å². The van der Waals surface area contributed by atoms with Crippen molar-refractivity contribution in [3.8, 4) is 0 Å².